The van der Waals surface area contributed by atoms with E-state index < -0.39 is 28.5 Å². The van der Waals surface area contributed by atoms with Gasteiger partial charge in [0.15, 0.2) is 0 Å². The number of hydrogen-bond donors (Lipinski definition) is 1. The van der Waals surface area contributed by atoms with E-state index in [1.165, 1.54) is 12.8 Å². The third-order valence-electron chi connectivity index (χ3n) is 4.78. The van der Waals surface area contributed by atoms with Gasteiger partial charge in [-0.15, -0.1) is 0 Å². The maximum atomic E-state index is 12.5. The summed E-state index contributed by atoms with van der Waals surface area (Å²) in [6, 6.07) is 14.7. The molecule has 1 fully saturated rings. The summed E-state index contributed by atoms with van der Waals surface area (Å²) in [4.78, 5) is 11.2. The van der Waals surface area contributed by atoms with Crippen LogP contribution in [0, 0.1) is 0 Å². The second kappa shape index (κ2) is 9.21. The van der Waals surface area contributed by atoms with Gasteiger partial charge in [0.05, 0.1) is 17.9 Å². The van der Waals surface area contributed by atoms with Gasteiger partial charge in [0.25, 0.3) is 0 Å². The quantitative estimate of drug-likeness (QED) is 0.694. The van der Waals surface area contributed by atoms with Gasteiger partial charge in [0, 0.05) is 12.4 Å². The van der Waals surface area contributed by atoms with Crippen molar-refractivity contribution in [1.29, 1.82) is 0 Å². The molecule has 0 unspecified atom stereocenters. The Balaban J connectivity index is 1.71. The predicted molar refractivity (Wildman–Crippen MR) is 104 cm³/mol. The van der Waals surface area contributed by atoms with E-state index in [-0.39, 0.29) is 11.9 Å². The molecule has 0 spiro atoms. The minimum Gasteiger partial charge on any atom is -0.550 e. The van der Waals surface area contributed by atoms with Crippen molar-refractivity contribution < 1.29 is 23.1 Å². The highest BCUT2D eigenvalue weighted by atomic mass is 32.2. The molecule has 150 valence electrons. The van der Waals surface area contributed by atoms with E-state index in [0.29, 0.717) is 16.9 Å². The van der Waals surface area contributed by atoms with Crippen LogP contribution in [-0.2, 0) is 20.6 Å². The van der Waals surface area contributed by atoms with Crippen molar-refractivity contribution in [3.8, 4) is 5.75 Å². The summed E-state index contributed by atoms with van der Waals surface area (Å²) in [5.41, 5.74) is 1.18. The topological polar surface area (TPSA) is 95.5 Å². The van der Waals surface area contributed by atoms with Crippen LogP contribution in [0.3, 0.4) is 0 Å². The summed E-state index contributed by atoms with van der Waals surface area (Å²) in [5, 5.41) is 11.2. The minimum atomic E-state index is -3.73. The molecule has 6 nitrogen and oxygen atoms in total. The molecule has 0 bridgehead atoms. The summed E-state index contributed by atoms with van der Waals surface area (Å²) in [7, 11) is -3.73. The molecule has 0 heterocycles. The smallest absolute Gasteiger partial charge is 0.216 e. The molecule has 2 aromatic carbocycles. The van der Waals surface area contributed by atoms with Crippen LogP contribution in [0.15, 0.2) is 54.6 Å². The van der Waals surface area contributed by atoms with Gasteiger partial charge in [-0.05, 0) is 48.9 Å². The average molecular weight is 402 g/mol. The van der Waals surface area contributed by atoms with Crippen molar-refractivity contribution >= 4 is 16.0 Å². The van der Waals surface area contributed by atoms with Crippen molar-refractivity contribution in [2.75, 3.05) is 0 Å². The lowest BCUT2D eigenvalue weighted by molar-refractivity contribution is -0.306. The SMILES string of the molecule is O=C([O-])C[C@@H](NS(=O)(=O)Cc1ccccc1)c1ccc(OC2CCCC2)cc1. The number of carboxylic acid groups (broad SMARTS) is 1. The lowest BCUT2D eigenvalue weighted by Gasteiger charge is -2.21. The van der Waals surface area contributed by atoms with Crippen molar-refractivity contribution in [3.05, 3.63) is 65.7 Å². The van der Waals surface area contributed by atoms with E-state index in [1.807, 2.05) is 0 Å². The number of aliphatic carboxylic acids is 1. The number of carboxylic acids is 1. The minimum absolute atomic E-state index is 0.217. The first-order chi connectivity index (χ1) is 13.4. The summed E-state index contributed by atoms with van der Waals surface area (Å²) >= 11 is 0. The van der Waals surface area contributed by atoms with Crippen molar-refractivity contribution in [3.63, 3.8) is 0 Å². The molecular formula is C21H24NO5S-. The first-order valence-corrected chi connectivity index (χ1v) is 11.1. The fraction of sp³-hybridized carbons (Fsp3) is 0.381. The summed E-state index contributed by atoms with van der Waals surface area (Å²) in [5.74, 6) is -0.839. The first kappa shape index (κ1) is 20.4. The summed E-state index contributed by atoms with van der Waals surface area (Å²) in [6.07, 6.45) is 4.17. The second-order valence-corrected chi connectivity index (χ2v) is 8.84. The van der Waals surface area contributed by atoms with Crippen molar-refractivity contribution in [2.24, 2.45) is 0 Å². The van der Waals surface area contributed by atoms with Crippen LogP contribution < -0.4 is 14.6 Å². The molecule has 0 aliphatic heterocycles. The number of benzene rings is 2. The fourth-order valence-electron chi connectivity index (χ4n) is 3.42. The van der Waals surface area contributed by atoms with Gasteiger partial charge in [-0.25, -0.2) is 13.1 Å². The lowest BCUT2D eigenvalue weighted by atomic mass is 10.0. The number of hydrogen-bond acceptors (Lipinski definition) is 5. The number of carbonyl (C=O) groups excluding carboxylic acids is 1. The Bertz CT molecular complexity index is 875. The Morgan fingerprint density at radius 2 is 1.71 bits per heavy atom. The Morgan fingerprint density at radius 1 is 1.07 bits per heavy atom. The third-order valence-corrected chi connectivity index (χ3v) is 6.14. The fourth-order valence-corrected chi connectivity index (χ4v) is 4.79. The molecule has 0 radical (unpaired) electrons. The van der Waals surface area contributed by atoms with E-state index in [2.05, 4.69) is 4.72 Å². The number of ether oxygens (including phenoxy) is 1. The van der Waals surface area contributed by atoms with Crippen LogP contribution in [0.4, 0.5) is 0 Å². The summed E-state index contributed by atoms with van der Waals surface area (Å²) in [6.45, 7) is 0. The van der Waals surface area contributed by atoms with Crippen LogP contribution in [-0.4, -0.2) is 20.5 Å². The highest BCUT2D eigenvalue weighted by molar-refractivity contribution is 7.88. The number of sulfonamides is 1. The van der Waals surface area contributed by atoms with Gasteiger partial charge >= 0.3 is 0 Å². The molecule has 1 aliphatic rings. The zero-order chi connectivity index (χ0) is 20.0. The van der Waals surface area contributed by atoms with Gasteiger partial charge in [-0.1, -0.05) is 42.5 Å². The molecule has 2 aromatic rings. The van der Waals surface area contributed by atoms with Gasteiger partial charge in [-0.3, -0.25) is 0 Å². The molecule has 1 atom stereocenters. The molecule has 3 rings (SSSR count). The van der Waals surface area contributed by atoms with Crippen molar-refractivity contribution in [2.45, 2.75) is 50.0 Å². The number of carbonyl (C=O) groups is 1. The molecular weight excluding hydrogens is 378 g/mol. The van der Waals surface area contributed by atoms with Crippen LogP contribution >= 0.6 is 0 Å². The van der Waals surface area contributed by atoms with E-state index >= 15 is 0 Å². The Hall–Kier alpha value is -2.38. The van der Waals surface area contributed by atoms with E-state index in [0.717, 1.165) is 12.8 Å². The molecule has 0 saturated heterocycles. The highest BCUT2D eigenvalue weighted by Crippen LogP contribution is 2.26. The van der Waals surface area contributed by atoms with E-state index in [1.54, 1.807) is 54.6 Å². The molecule has 1 N–H and O–H groups in total. The molecule has 1 aliphatic carbocycles. The Labute approximate surface area is 165 Å². The lowest BCUT2D eigenvalue weighted by Crippen LogP contribution is -2.34. The standard InChI is InChI=1S/C21H25NO5S/c23-21(24)14-20(22-28(25,26)15-16-6-2-1-3-7-16)17-10-12-19(13-11-17)27-18-8-4-5-9-18/h1-3,6-7,10-13,18,20,22H,4-5,8-9,14-15H2,(H,23,24)/p-1/t20-/m1/s1. The number of rotatable bonds is 9. The maximum absolute atomic E-state index is 12.5. The second-order valence-electron chi connectivity index (χ2n) is 7.08. The molecule has 0 aromatic heterocycles. The van der Waals surface area contributed by atoms with Gasteiger partial charge < -0.3 is 14.6 Å². The van der Waals surface area contributed by atoms with Gasteiger partial charge in [-0.2, -0.15) is 0 Å². The van der Waals surface area contributed by atoms with Crippen LogP contribution in [0.2, 0.25) is 0 Å². The molecule has 28 heavy (non-hydrogen) atoms. The zero-order valence-electron chi connectivity index (χ0n) is 15.5. The first-order valence-electron chi connectivity index (χ1n) is 9.42. The Kier molecular flexibility index (Phi) is 6.70. The third kappa shape index (κ3) is 6.07. The summed E-state index contributed by atoms with van der Waals surface area (Å²) < 4.78 is 33.4. The zero-order valence-corrected chi connectivity index (χ0v) is 16.4. The number of nitrogens with one attached hydrogen (secondary N) is 1. The Morgan fingerprint density at radius 3 is 2.32 bits per heavy atom. The monoisotopic (exact) mass is 402 g/mol. The van der Waals surface area contributed by atoms with E-state index in [9.17, 15) is 18.3 Å². The molecule has 0 amide bonds. The largest absolute Gasteiger partial charge is 0.550 e. The molecule has 1 saturated carbocycles. The maximum Gasteiger partial charge on any atom is 0.216 e. The molecule has 7 heteroatoms. The van der Waals surface area contributed by atoms with Crippen molar-refractivity contribution in [1.82, 2.24) is 4.72 Å². The van der Waals surface area contributed by atoms with Gasteiger partial charge in [0.2, 0.25) is 10.0 Å². The predicted octanol–water partition coefficient (Wildman–Crippen LogP) is 2.31. The normalized spacial score (nSPS) is 16.0. The highest BCUT2D eigenvalue weighted by Gasteiger charge is 2.21. The average Bonchev–Trinajstić information content (AvgIpc) is 3.15. The van der Waals surface area contributed by atoms with Crippen LogP contribution in [0.25, 0.3) is 0 Å². The van der Waals surface area contributed by atoms with Crippen LogP contribution in [0.1, 0.15) is 49.3 Å². The van der Waals surface area contributed by atoms with Gasteiger partial charge in [0.1, 0.15) is 5.75 Å². The van der Waals surface area contributed by atoms with Crippen LogP contribution in [0.5, 0.6) is 5.75 Å². The van der Waals surface area contributed by atoms with E-state index in [4.69, 9.17) is 4.74 Å².